The van der Waals surface area contributed by atoms with Crippen molar-refractivity contribution in [3.8, 4) is 0 Å². The summed E-state index contributed by atoms with van der Waals surface area (Å²) >= 11 is 0. The standard InChI is InChI=1S/C17H26N4O3S/c1-21(14-10-11-25(23,24)12-14)16-9-8-15(19-20-16)17(22)18-13-6-4-2-3-5-7-13/h8-9,13-14H,2-7,10-12H2,1H3,(H,18,22). The van der Waals surface area contributed by atoms with Crippen LogP contribution >= 0.6 is 0 Å². The van der Waals surface area contributed by atoms with Gasteiger partial charge in [0.25, 0.3) is 5.91 Å². The van der Waals surface area contributed by atoms with Crippen LogP contribution in [0.5, 0.6) is 0 Å². The van der Waals surface area contributed by atoms with Crippen LogP contribution in [0, 0.1) is 0 Å². The van der Waals surface area contributed by atoms with Gasteiger partial charge in [0.1, 0.15) is 0 Å². The summed E-state index contributed by atoms with van der Waals surface area (Å²) in [5.41, 5.74) is 0.306. The van der Waals surface area contributed by atoms with Gasteiger partial charge in [-0.05, 0) is 31.4 Å². The molecule has 2 heterocycles. The van der Waals surface area contributed by atoms with Crippen LogP contribution in [0.4, 0.5) is 5.82 Å². The van der Waals surface area contributed by atoms with Crippen molar-refractivity contribution in [1.29, 1.82) is 0 Å². The first-order valence-electron chi connectivity index (χ1n) is 9.02. The molecule has 7 nitrogen and oxygen atoms in total. The van der Waals surface area contributed by atoms with Gasteiger partial charge in [0.05, 0.1) is 11.5 Å². The average molecular weight is 366 g/mol. The molecule has 3 rings (SSSR count). The first-order chi connectivity index (χ1) is 11.9. The first kappa shape index (κ1) is 18.1. The molecule has 138 valence electrons. The number of rotatable bonds is 4. The van der Waals surface area contributed by atoms with Crippen molar-refractivity contribution < 1.29 is 13.2 Å². The quantitative estimate of drug-likeness (QED) is 0.813. The van der Waals surface area contributed by atoms with E-state index in [1.54, 1.807) is 12.1 Å². The Labute approximate surface area is 149 Å². The number of nitrogens with one attached hydrogen (secondary N) is 1. The number of hydrogen-bond acceptors (Lipinski definition) is 6. The van der Waals surface area contributed by atoms with E-state index in [0.29, 0.717) is 17.9 Å². The highest BCUT2D eigenvalue weighted by atomic mass is 32.2. The lowest BCUT2D eigenvalue weighted by atomic mass is 10.1. The molecule has 1 unspecified atom stereocenters. The van der Waals surface area contributed by atoms with Crippen molar-refractivity contribution >= 4 is 21.6 Å². The Kier molecular flexibility index (Phi) is 5.56. The maximum Gasteiger partial charge on any atom is 0.272 e. The summed E-state index contributed by atoms with van der Waals surface area (Å²) in [6.07, 6.45) is 7.44. The van der Waals surface area contributed by atoms with E-state index in [1.165, 1.54) is 12.8 Å². The molecule has 1 amide bonds. The van der Waals surface area contributed by atoms with Gasteiger partial charge < -0.3 is 10.2 Å². The molecule has 1 aromatic rings. The lowest BCUT2D eigenvalue weighted by Crippen LogP contribution is -2.36. The molecular formula is C17H26N4O3S. The molecule has 2 aliphatic rings. The summed E-state index contributed by atoms with van der Waals surface area (Å²) in [4.78, 5) is 14.2. The smallest absolute Gasteiger partial charge is 0.272 e. The summed E-state index contributed by atoms with van der Waals surface area (Å²) in [6.45, 7) is 0. The zero-order valence-corrected chi connectivity index (χ0v) is 15.5. The van der Waals surface area contributed by atoms with Crippen LogP contribution in [0.2, 0.25) is 0 Å². The molecule has 2 fully saturated rings. The maximum absolute atomic E-state index is 12.3. The second-order valence-electron chi connectivity index (χ2n) is 7.11. The van der Waals surface area contributed by atoms with Gasteiger partial charge in [-0.15, -0.1) is 10.2 Å². The fourth-order valence-electron chi connectivity index (χ4n) is 3.59. The average Bonchev–Trinajstić information content (AvgIpc) is 2.80. The fraction of sp³-hybridized carbons (Fsp3) is 0.706. The lowest BCUT2D eigenvalue weighted by molar-refractivity contribution is 0.0927. The minimum absolute atomic E-state index is 0.0787. The number of hydrogen-bond donors (Lipinski definition) is 1. The predicted molar refractivity (Wildman–Crippen MR) is 96.5 cm³/mol. The minimum atomic E-state index is -2.94. The second-order valence-corrected chi connectivity index (χ2v) is 9.34. The highest BCUT2D eigenvalue weighted by Crippen LogP contribution is 2.21. The molecule has 1 saturated heterocycles. The molecule has 0 bridgehead atoms. The Morgan fingerprint density at radius 3 is 2.40 bits per heavy atom. The van der Waals surface area contributed by atoms with Crippen LogP contribution in [0.3, 0.4) is 0 Å². The topological polar surface area (TPSA) is 92.3 Å². The Morgan fingerprint density at radius 1 is 1.12 bits per heavy atom. The molecule has 8 heteroatoms. The number of nitrogens with zero attached hydrogens (tertiary/aromatic N) is 3. The summed E-state index contributed by atoms with van der Waals surface area (Å²) in [7, 11) is -1.12. The molecule has 1 aliphatic heterocycles. The third-order valence-corrected chi connectivity index (χ3v) is 6.94. The first-order valence-corrected chi connectivity index (χ1v) is 10.8. The van der Waals surface area contributed by atoms with E-state index < -0.39 is 9.84 Å². The van der Waals surface area contributed by atoms with Crippen LogP contribution in [0.15, 0.2) is 12.1 Å². The Hall–Kier alpha value is -1.70. The summed E-state index contributed by atoms with van der Waals surface area (Å²) < 4.78 is 23.2. The largest absolute Gasteiger partial charge is 0.354 e. The minimum Gasteiger partial charge on any atom is -0.354 e. The lowest BCUT2D eigenvalue weighted by Gasteiger charge is -2.23. The molecule has 1 aliphatic carbocycles. The number of amides is 1. The van der Waals surface area contributed by atoms with Gasteiger partial charge in [0.15, 0.2) is 21.3 Å². The van der Waals surface area contributed by atoms with Crippen LogP contribution in [-0.4, -0.2) is 55.2 Å². The molecule has 0 radical (unpaired) electrons. The number of aromatic nitrogens is 2. The zero-order valence-electron chi connectivity index (χ0n) is 14.6. The second kappa shape index (κ2) is 7.68. The van der Waals surface area contributed by atoms with Crippen molar-refractivity contribution in [3.05, 3.63) is 17.8 Å². The third kappa shape index (κ3) is 4.68. The van der Waals surface area contributed by atoms with Gasteiger partial charge in [-0.25, -0.2) is 8.42 Å². The molecule has 1 aromatic heterocycles. The molecule has 25 heavy (non-hydrogen) atoms. The van der Waals surface area contributed by atoms with E-state index in [0.717, 1.165) is 25.7 Å². The van der Waals surface area contributed by atoms with Crippen LogP contribution < -0.4 is 10.2 Å². The molecule has 1 saturated carbocycles. The summed E-state index contributed by atoms with van der Waals surface area (Å²) in [5.74, 6) is 0.775. The monoisotopic (exact) mass is 366 g/mol. The van der Waals surface area contributed by atoms with Gasteiger partial charge in [0.2, 0.25) is 0 Å². The van der Waals surface area contributed by atoms with Crippen molar-refractivity contribution in [2.75, 3.05) is 23.5 Å². The van der Waals surface area contributed by atoms with Crippen LogP contribution in [0.1, 0.15) is 55.4 Å². The molecule has 0 aromatic carbocycles. The van der Waals surface area contributed by atoms with Gasteiger partial charge in [0, 0.05) is 19.1 Å². The van der Waals surface area contributed by atoms with Crippen LogP contribution in [0.25, 0.3) is 0 Å². The molecular weight excluding hydrogens is 340 g/mol. The van der Waals surface area contributed by atoms with Gasteiger partial charge >= 0.3 is 0 Å². The Bertz CT molecular complexity index is 697. The van der Waals surface area contributed by atoms with Crippen molar-refractivity contribution in [2.24, 2.45) is 0 Å². The Morgan fingerprint density at radius 2 is 1.84 bits per heavy atom. The molecule has 1 N–H and O–H groups in total. The van der Waals surface area contributed by atoms with Gasteiger partial charge in [-0.1, -0.05) is 25.7 Å². The fourth-order valence-corrected chi connectivity index (χ4v) is 5.36. The van der Waals surface area contributed by atoms with E-state index in [4.69, 9.17) is 0 Å². The van der Waals surface area contributed by atoms with Gasteiger partial charge in [-0.2, -0.15) is 0 Å². The SMILES string of the molecule is CN(c1ccc(C(=O)NC2CCCCCC2)nn1)C1CCS(=O)(=O)C1. The Balaban J connectivity index is 1.60. The highest BCUT2D eigenvalue weighted by Gasteiger charge is 2.31. The maximum atomic E-state index is 12.3. The molecule has 1 atom stereocenters. The van der Waals surface area contributed by atoms with Crippen molar-refractivity contribution in [1.82, 2.24) is 15.5 Å². The van der Waals surface area contributed by atoms with E-state index in [9.17, 15) is 13.2 Å². The van der Waals surface area contributed by atoms with Crippen molar-refractivity contribution in [2.45, 2.75) is 57.0 Å². The predicted octanol–water partition coefficient (Wildman–Crippen LogP) is 1.55. The van der Waals surface area contributed by atoms with Gasteiger partial charge in [-0.3, -0.25) is 4.79 Å². The highest BCUT2D eigenvalue weighted by molar-refractivity contribution is 7.91. The number of anilines is 1. The summed E-state index contributed by atoms with van der Waals surface area (Å²) in [5, 5.41) is 11.2. The number of carbonyl (C=O) groups excluding carboxylic acids is 1. The third-order valence-electron chi connectivity index (χ3n) is 5.19. The van der Waals surface area contributed by atoms with E-state index in [2.05, 4.69) is 15.5 Å². The van der Waals surface area contributed by atoms with E-state index in [-0.39, 0.29) is 29.5 Å². The normalized spacial score (nSPS) is 23.8. The molecule has 0 spiro atoms. The van der Waals surface area contributed by atoms with E-state index >= 15 is 0 Å². The van der Waals surface area contributed by atoms with Crippen LogP contribution in [-0.2, 0) is 9.84 Å². The zero-order chi connectivity index (χ0) is 17.9. The number of carbonyl (C=O) groups is 1. The number of sulfone groups is 1. The van der Waals surface area contributed by atoms with Crippen molar-refractivity contribution in [3.63, 3.8) is 0 Å². The summed E-state index contributed by atoms with van der Waals surface area (Å²) in [6, 6.07) is 3.54. The van der Waals surface area contributed by atoms with E-state index in [1.807, 2.05) is 11.9 Å².